The Kier molecular flexibility index (Phi) is 7.57. The Balaban J connectivity index is 1.16. The maximum absolute atomic E-state index is 6.99. The zero-order chi connectivity index (χ0) is 39.6. The van der Waals surface area contributed by atoms with E-state index in [1.807, 2.05) is 12.3 Å². The minimum atomic E-state index is -0.184. The molecule has 8 aromatic rings. The predicted molar refractivity (Wildman–Crippen MR) is 238 cm³/mol. The molecule has 2 aliphatic rings. The van der Waals surface area contributed by atoms with Crippen LogP contribution in [0.4, 0.5) is 22.9 Å². The summed E-state index contributed by atoms with van der Waals surface area (Å²) in [6.45, 7) is 20.5. The van der Waals surface area contributed by atoms with E-state index in [9.17, 15) is 0 Å². The number of fused-ring (bicyclic) bond motifs is 4. The van der Waals surface area contributed by atoms with E-state index in [0.29, 0.717) is 0 Å². The molecule has 0 radical (unpaired) electrons. The van der Waals surface area contributed by atoms with Crippen LogP contribution >= 0.6 is 0 Å². The zero-order valence-corrected chi connectivity index (χ0v) is 34.3. The lowest BCUT2D eigenvalue weighted by molar-refractivity contribution is 0.288. The number of imidazole rings is 1. The third-order valence-corrected chi connectivity index (χ3v) is 13.3. The number of ether oxygens (including phenoxy) is 1. The Hall–Kier alpha value is -6.08. The monoisotopic (exact) mass is 745 g/mol. The van der Waals surface area contributed by atoms with Gasteiger partial charge in [-0.3, -0.25) is 4.40 Å². The van der Waals surface area contributed by atoms with Gasteiger partial charge >= 0.3 is 6.98 Å². The number of aryl methyl sites for hydroxylation is 2. The van der Waals surface area contributed by atoms with Crippen LogP contribution in [0.2, 0.25) is 0 Å². The first kappa shape index (κ1) is 35.3. The van der Waals surface area contributed by atoms with Gasteiger partial charge in [0.25, 0.3) is 0 Å². The number of nitrogens with zero attached hydrogens (tertiary/aromatic N) is 5. The predicted octanol–water partition coefficient (Wildman–Crippen LogP) is 12.0. The van der Waals surface area contributed by atoms with Gasteiger partial charge in [0.2, 0.25) is 0 Å². The molecule has 0 N–H and O–H groups in total. The third kappa shape index (κ3) is 5.10. The van der Waals surface area contributed by atoms with Crippen molar-refractivity contribution in [3.63, 3.8) is 0 Å². The molecule has 0 spiro atoms. The number of rotatable bonds is 5. The Morgan fingerprint density at radius 1 is 0.632 bits per heavy atom. The quantitative estimate of drug-likeness (QED) is 0.130. The van der Waals surface area contributed by atoms with Crippen molar-refractivity contribution in [2.45, 2.75) is 78.6 Å². The smallest absolute Gasteiger partial charge is 0.422 e. The molecule has 3 aromatic heterocycles. The molecule has 282 valence electrons. The fourth-order valence-corrected chi connectivity index (χ4v) is 9.48. The largest absolute Gasteiger partial charge is 0.457 e. The SMILES string of the molecule is Cc1cccc(C)c1B1N(c2ccccc2)c2cccnc2N1c1cc(Oc2ccc3c(c2)c2ncc4n2c2c(cccc32)C(C)(C)C4(C)C)cc(C(C)(C)C)c1. The van der Waals surface area contributed by atoms with Crippen LogP contribution in [-0.4, -0.2) is 21.4 Å². The highest BCUT2D eigenvalue weighted by Crippen LogP contribution is 2.52. The standard InChI is InChI=1S/C50H48BN5O/c1-31-16-13-17-32(2)44(31)51-55(34-18-11-10-12-19-34)42-22-15-25-52-47(42)56(51)35-26-33(48(3,4)5)27-37(28-35)57-36-23-24-38-39-20-14-21-41-45(39)54-43(50(8,9)49(41,6)7)30-53-46(54)40(38)29-36/h10-30H,1-9H3. The molecule has 57 heavy (non-hydrogen) atoms. The van der Waals surface area contributed by atoms with Crippen LogP contribution < -0.4 is 19.8 Å². The topological polar surface area (TPSA) is 45.9 Å². The maximum atomic E-state index is 6.99. The molecule has 0 saturated carbocycles. The number of hydrogen-bond acceptors (Lipinski definition) is 5. The summed E-state index contributed by atoms with van der Waals surface area (Å²) in [5.74, 6) is 2.46. The highest BCUT2D eigenvalue weighted by molar-refractivity contribution is 6.85. The second kappa shape index (κ2) is 12.2. The minimum absolute atomic E-state index is 0.0671. The summed E-state index contributed by atoms with van der Waals surface area (Å²) in [5.41, 5.74) is 12.6. The van der Waals surface area contributed by atoms with Gasteiger partial charge in [-0.05, 0) is 95.8 Å². The number of benzene rings is 5. The third-order valence-electron chi connectivity index (χ3n) is 13.3. The maximum Gasteiger partial charge on any atom is 0.422 e. The van der Waals surface area contributed by atoms with Gasteiger partial charge in [0.1, 0.15) is 23.0 Å². The summed E-state index contributed by atoms with van der Waals surface area (Å²) in [5, 5.41) is 3.50. The zero-order valence-electron chi connectivity index (χ0n) is 34.3. The van der Waals surface area contributed by atoms with E-state index >= 15 is 0 Å². The van der Waals surface area contributed by atoms with Crippen LogP contribution in [0, 0.1) is 13.8 Å². The molecular weight excluding hydrogens is 697 g/mol. The van der Waals surface area contributed by atoms with Gasteiger partial charge in [-0.2, -0.15) is 0 Å². The van der Waals surface area contributed by atoms with Crippen LogP contribution in [0.1, 0.15) is 76.4 Å². The van der Waals surface area contributed by atoms with Gasteiger partial charge in [0, 0.05) is 57.1 Å². The van der Waals surface area contributed by atoms with Gasteiger partial charge in [0.05, 0.1) is 11.2 Å². The van der Waals surface area contributed by atoms with Crippen molar-refractivity contribution in [3.8, 4) is 11.5 Å². The van der Waals surface area contributed by atoms with Gasteiger partial charge in [-0.25, -0.2) is 9.97 Å². The van der Waals surface area contributed by atoms with E-state index < -0.39 is 0 Å². The first-order valence-corrected chi connectivity index (χ1v) is 20.1. The van der Waals surface area contributed by atoms with Crippen LogP contribution in [0.25, 0.3) is 27.3 Å². The summed E-state index contributed by atoms with van der Waals surface area (Å²) < 4.78 is 9.40. The van der Waals surface area contributed by atoms with E-state index in [-0.39, 0.29) is 23.2 Å². The van der Waals surface area contributed by atoms with E-state index in [1.165, 1.54) is 49.7 Å². The molecule has 0 saturated heterocycles. The van der Waals surface area contributed by atoms with Crippen molar-refractivity contribution in [1.82, 2.24) is 14.4 Å². The van der Waals surface area contributed by atoms with Gasteiger partial charge in [0.15, 0.2) is 0 Å². The van der Waals surface area contributed by atoms with Crippen LogP contribution in [0.5, 0.6) is 11.5 Å². The molecule has 7 heteroatoms. The Morgan fingerprint density at radius 2 is 1.39 bits per heavy atom. The van der Waals surface area contributed by atoms with Crippen LogP contribution in [0.3, 0.4) is 0 Å². The molecule has 5 aromatic carbocycles. The summed E-state index contributed by atoms with van der Waals surface area (Å²) >= 11 is 0. The number of para-hydroxylation sites is 2. The Morgan fingerprint density at radius 3 is 2.14 bits per heavy atom. The molecule has 10 rings (SSSR count). The lowest BCUT2D eigenvalue weighted by Crippen LogP contribution is -2.55. The van der Waals surface area contributed by atoms with Gasteiger partial charge in [-0.1, -0.05) is 114 Å². The van der Waals surface area contributed by atoms with Crippen LogP contribution in [-0.2, 0) is 16.2 Å². The van der Waals surface area contributed by atoms with E-state index in [4.69, 9.17) is 14.7 Å². The molecule has 6 nitrogen and oxygen atoms in total. The first-order chi connectivity index (χ1) is 27.3. The molecule has 0 atom stereocenters. The molecule has 0 aliphatic carbocycles. The lowest BCUT2D eigenvalue weighted by Gasteiger charge is -2.45. The van der Waals surface area contributed by atoms with Crippen molar-refractivity contribution in [2.75, 3.05) is 9.62 Å². The van der Waals surface area contributed by atoms with Crippen LogP contribution in [0.15, 0.2) is 128 Å². The van der Waals surface area contributed by atoms with Crippen molar-refractivity contribution >= 4 is 62.6 Å². The average Bonchev–Trinajstić information content (AvgIpc) is 3.79. The fraction of sp³-hybridized carbons (Fsp3) is 0.240. The van der Waals surface area contributed by atoms with Crippen molar-refractivity contribution in [1.29, 1.82) is 0 Å². The molecule has 5 heterocycles. The average molecular weight is 746 g/mol. The number of aromatic nitrogens is 3. The van der Waals surface area contributed by atoms with E-state index in [0.717, 1.165) is 45.4 Å². The highest BCUT2D eigenvalue weighted by atomic mass is 16.5. The molecule has 0 amide bonds. The van der Waals surface area contributed by atoms with Gasteiger partial charge < -0.3 is 14.4 Å². The molecule has 0 unspecified atom stereocenters. The molecule has 0 bridgehead atoms. The second-order valence-electron chi connectivity index (χ2n) is 18.1. The normalized spacial score (nSPS) is 15.6. The summed E-state index contributed by atoms with van der Waals surface area (Å²) in [6.07, 6.45) is 3.99. The fourth-order valence-electron chi connectivity index (χ4n) is 9.48. The van der Waals surface area contributed by atoms with E-state index in [2.05, 4.69) is 192 Å². The molecule has 2 aliphatic heterocycles. The van der Waals surface area contributed by atoms with Crippen molar-refractivity contribution in [3.05, 3.63) is 156 Å². The van der Waals surface area contributed by atoms with Crippen molar-refractivity contribution < 1.29 is 4.74 Å². The Bertz CT molecular complexity index is 2900. The summed E-state index contributed by atoms with van der Waals surface area (Å²) in [6, 6.07) is 41.5. The summed E-state index contributed by atoms with van der Waals surface area (Å²) in [4.78, 5) is 15.0. The number of pyridine rings is 2. The number of anilines is 4. The first-order valence-electron chi connectivity index (χ1n) is 20.1. The Labute approximate surface area is 335 Å². The second-order valence-corrected chi connectivity index (χ2v) is 18.1. The lowest BCUT2D eigenvalue weighted by atomic mass is 9.61. The molecule has 0 fully saturated rings. The number of hydrogen-bond donors (Lipinski definition) is 0. The summed E-state index contributed by atoms with van der Waals surface area (Å²) in [7, 11) is 0. The minimum Gasteiger partial charge on any atom is -0.457 e. The van der Waals surface area contributed by atoms with Crippen molar-refractivity contribution in [2.24, 2.45) is 0 Å². The molecular formula is C50H48BN5O. The highest BCUT2D eigenvalue weighted by Gasteiger charge is 2.47. The van der Waals surface area contributed by atoms with Gasteiger partial charge in [-0.15, -0.1) is 0 Å². The van der Waals surface area contributed by atoms with E-state index in [1.54, 1.807) is 0 Å².